The topological polar surface area (TPSA) is 95.9 Å². The van der Waals surface area contributed by atoms with E-state index < -0.39 is 17.6 Å². The van der Waals surface area contributed by atoms with E-state index in [1.54, 1.807) is 18.2 Å². The zero-order valence-electron chi connectivity index (χ0n) is 9.42. The second-order valence-corrected chi connectivity index (χ2v) is 4.43. The molecule has 1 aliphatic heterocycles. The third-order valence-corrected chi connectivity index (χ3v) is 2.88. The Kier molecular flexibility index (Phi) is 2.63. The number of aliphatic hydroxyl groups is 1. The molecule has 90 valence electrons. The largest absolute Gasteiger partial charge is 0.507 e. The van der Waals surface area contributed by atoms with Crippen LogP contribution in [0, 0.1) is 0 Å². The Morgan fingerprint density at radius 3 is 2.71 bits per heavy atom. The lowest BCUT2D eigenvalue weighted by molar-refractivity contribution is -0.123. The molecule has 1 aromatic carbocycles. The Bertz CT molecular complexity index is 494. The molecule has 2 atom stereocenters. The number of para-hydroxylation sites is 1. The van der Waals surface area contributed by atoms with Gasteiger partial charge in [-0.25, -0.2) is 0 Å². The van der Waals surface area contributed by atoms with Crippen LogP contribution in [0.5, 0.6) is 5.75 Å². The summed E-state index contributed by atoms with van der Waals surface area (Å²) in [6.07, 6.45) is 0.193. The van der Waals surface area contributed by atoms with Crippen LogP contribution in [0.4, 0.5) is 0 Å². The summed E-state index contributed by atoms with van der Waals surface area (Å²) in [5.41, 5.74) is 4.92. The van der Waals surface area contributed by atoms with E-state index in [4.69, 9.17) is 5.73 Å². The van der Waals surface area contributed by atoms with Crippen molar-refractivity contribution in [1.82, 2.24) is 0 Å². The van der Waals surface area contributed by atoms with Crippen molar-refractivity contribution in [3.05, 3.63) is 29.8 Å². The number of rotatable bonds is 2. The van der Waals surface area contributed by atoms with E-state index in [1.165, 1.54) is 13.0 Å². The van der Waals surface area contributed by atoms with Crippen molar-refractivity contribution in [2.24, 2.45) is 10.7 Å². The lowest BCUT2D eigenvalue weighted by atomic mass is 9.92. The van der Waals surface area contributed by atoms with Gasteiger partial charge in [0.15, 0.2) is 6.04 Å². The Balaban J connectivity index is 2.40. The lowest BCUT2D eigenvalue weighted by Crippen LogP contribution is -2.43. The first kappa shape index (κ1) is 11.6. The Labute approximate surface area is 98.6 Å². The molecule has 0 bridgehead atoms. The van der Waals surface area contributed by atoms with Crippen molar-refractivity contribution in [2.45, 2.75) is 25.0 Å². The molecule has 1 heterocycles. The third kappa shape index (κ3) is 2.01. The Morgan fingerprint density at radius 1 is 1.53 bits per heavy atom. The number of primary amides is 1. The van der Waals surface area contributed by atoms with Gasteiger partial charge in [-0.2, -0.15) is 0 Å². The fourth-order valence-electron chi connectivity index (χ4n) is 2.03. The molecule has 1 amide bonds. The molecule has 0 fully saturated rings. The molecule has 1 aliphatic rings. The third-order valence-electron chi connectivity index (χ3n) is 2.88. The van der Waals surface area contributed by atoms with Gasteiger partial charge in [0.05, 0.1) is 5.60 Å². The SMILES string of the molecule is C[C@]1(O)CC(c2ccccc2O)=NC1C(N)=O. The number of phenolic OH excluding ortho intramolecular Hbond substituents is 1. The maximum atomic E-state index is 11.2. The molecule has 4 N–H and O–H groups in total. The lowest BCUT2D eigenvalue weighted by Gasteiger charge is -2.20. The summed E-state index contributed by atoms with van der Waals surface area (Å²) >= 11 is 0. The maximum Gasteiger partial charge on any atom is 0.245 e. The number of aliphatic imine (C=N–C) groups is 1. The van der Waals surface area contributed by atoms with Gasteiger partial charge < -0.3 is 15.9 Å². The molecule has 5 heteroatoms. The summed E-state index contributed by atoms with van der Waals surface area (Å²) < 4.78 is 0. The average molecular weight is 234 g/mol. The van der Waals surface area contributed by atoms with E-state index >= 15 is 0 Å². The van der Waals surface area contributed by atoms with Gasteiger partial charge in [-0.15, -0.1) is 0 Å². The van der Waals surface area contributed by atoms with Crippen molar-refractivity contribution in [2.75, 3.05) is 0 Å². The minimum atomic E-state index is -1.29. The molecule has 1 aromatic rings. The van der Waals surface area contributed by atoms with Crippen LogP contribution in [0.3, 0.4) is 0 Å². The minimum Gasteiger partial charge on any atom is -0.507 e. The number of amides is 1. The van der Waals surface area contributed by atoms with Crippen LogP contribution in [-0.2, 0) is 4.79 Å². The van der Waals surface area contributed by atoms with Crippen molar-refractivity contribution in [3.63, 3.8) is 0 Å². The molecule has 5 nitrogen and oxygen atoms in total. The van der Waals surface area contributed by atoms with Gasteiger partial charge in [0.2, 0.25) is 5.91 Å². The predicted octanol–water partition coefficient (Wildman–Crippen LogP) is 0.190. The molecule has 0 saturated heterocycles. The molecule has 0 saturated carbocycles. The van der Waals surface area contributed by atoms with Crippen LogP contribution in [0.15, 0.2) is 29.3 Å². The number of phenols is 1. The van der Waals surface area contributed by atoms with Crippen molar-refractivity contribution >= 4 is 11.6 Å². The van der Waals surface area contributed by atoms with Crippen LogP contribution in [0.2, 0.25) is 0 Å². The van der Waals surface area contributed by atoms with Crippen molar-refractivity contribution < 1.29 is 15.0 Å². The van der Waals surface area contributed by atoms with Gasteiger partial charge in [0.25, 0.3) is 0 Å². The monoisotopic (exact) mass is 234 g/mol. The van der Waals surface area contributed by atoms with Gasteiger partial charge in [0.1, 0.15) is 5.75 Å². The number of aromatic hydroxyl groups is 1. The smallest absolute Gasteiger partial charge is 0.245 e. The summed E-state index contributed by atoms with van der Waals surface area (Å²) in [6, 6.07) is 5.71. The number of carbonyl (C=O) groups is 1. The van der Waals surface area contributed by atoms with Gasteiger partial charge >= 0.3 is 0 Å². The summed E-state index contributed by atoms with van der Waals surface area (Å²) in [5, 5.41) is 19.7. The van der Waals surface area contributed by atoms with Crippen LogP contribution in [-0.4, -0.2) is 33.5 Å². The highest BCUT2D eigenvalue weighted by atomic mass is 16.3. The first-order valence-corrected chi connectivity index (χ1v) is 5.28. The highest BCUT2D eigenvalue weighted by Crippen LogP contribution is 2.31. The summed E-state index contributed by atoms with van der Waals surface area (Å²) in [5.74, 6) is -0.590. The highest BCUT2D eigenvalue weighted by Gasteiger charge is 2.42. The minimum absolute atomic E-state index is 0.0761. The maximum absolute atomic E-state index is 11.2. The van der Waals surface area contributed by atoms with E-state index in [1.807, 2.05) is 0 Å². The predicted molar refractivity (Wildman–Crippen MR) is 62.9 cm³/mol. The molecular formula is C12H14N2O3. The van der Waals surface area contributed by atoms with E-state index in [9.17, 15) is 15.0 Å². The van der Waals surface area contributed by atoms with Gasteiger partial charge in [-0.05, 0) is 19.1 Å². The molecule has 0 aromatic heterocycles. The summed E-state index contributed by atoms with van der Waals surface area (Å²) in [4.78, 5) is 15.3. The Hall–Kier alpha value is -1.88. The zero-order valence-corrected chi connectivity index (χ0v) is 9.42. The molecule has 2 rings (SSSR count). The molecule has 0 aliphatic carbocycles. The average Bonchev–Trinajstić information content (AvgIpc) is 2.55. The van der Waals surface area contributed by atoms with E-state index in [2.05, 4.69) is 4.99 Å². The number of benzene rings is 1. The van der Waals surface area contributed by atoms with Crippen LogP contribution in [0.1, 0.15) is 18.9 Å². The quantitative estimate of drug-likeness (QED) is 0.681. The van der Waals surface area contributed by atoms with Crippen LogP contribution in [0.25, 0.3) is 0 Å². The fourth-order valence-corrected chi connectivity index (χ4v) is 2.03. The fraction of sp³-hybridized carbons (Fsp3) is 0.333. The Morgan fingerprint density at radius 2 is 2.18 bits per heavy atom. The molecule has 17 heavy (non-hydrogen) atoms. The number of hydrogen-bond acceptors (Lipinski definition) is 4. The first-order valence-electron chi connectivity index (χ1n) is 5.28. The van der Waals surface area contributed by atoms with Crippen LogP contribution < -0.4 is 5.73 Å². The molecular weight excluding hydrogens is 220 g/mol. The molecule has 0 radical (unpaired) electrons. The molecule has 1 unspecified atom stereocenters. The normalized spacial score (nSPS) is 27.9. The summed E-state index contributed by atoms with van der Waals surface area (Å²) in [6.45, 7) is 1.51. The van der Waals surface area contributed by atoms with Crippen molar-refractivity contribution in [3.8, 4) is 5.75 Å². The van der Waals surface area contributed by atoms with Crippen molar-refractivity contribution in [1.29, 1.82) is 0 Å². The number of nitrogens with zero attached hydrogens (tertiary/aromatic N) is 1. The zero-order chi connectivity index (χ0) is 12.6. The molecule has 0 spiro atoms. The van der Waals surface area contributed by atoms with Gasteiger partial charge in [0, 0.05) is 17.7 Å². The second kappa shape index (κ2) is 3.85. The van der Waals surface area contributed by atoms with Gasteiger partial charge in [-0.3, -0.25) is 9.79 Å². The van der Waals surface area contributed by atoms with E-state index in [0.29, 0.717) is 11.3 Å². The standard InChI is InChI=1S/C12H14N2O3/c1-12(17)6-8(14-10(12)11(13)16)7-4-2-3-5-9(7)15/h2-5,10,15,17H,6H2,1H3,(H2,13,16)/t10?,12-/m0/s1. The van der Waals surface area contributed by atoms with Gasteiger partial charge in [-0.1, -0.05) is 12.1 Å². The van der Waals surface area contributed by atoms with Crippen LogP contribution >= 0.6 is 0 Å². The first-order chi connectivity index (χ1) is 7.92. The number of nitrogens with two attached hydrogens (primary N) is 1. The number of carbonyl (C=O) groups excluding carboxylic acids is 1. The van der Waals surface area contributed by atoms with E-state index in [0.717, 1.165) is 0 Å². The highest BCUT2D eigenvalue weighted by molar-refractivity contribution is 6.07. The van der Waals surface area contributed by atoms with E-state index in [-0.39, 0.29) is 12.2 Å². The number of hydrogen-bond donors (Lipinski definition) is 3. The second-order valence-electron chi connectivity index (χ2n) is 4.43. The summed E-state index contributed by atoms with van der Waals surface area (Å²) in [7, 11) is 0.